The van der Waals surface area contributed by atoms with Crippen molar-refractivity contribution in [2.24, 2.45) is 0 Å². The molecule has 0 saturated heterocycles. The second-order valence-corrected chi connectivity index (χ2v) is 6.58. The van der Waals surface area contributed by atoms with Crippen LogP contribution in [0.25, 0.3) is 0 Å². The molecule has 0 radical (unpaired) electrons. The summed E-state index contributed by atoms with van der Waals surface area (Å²) in [6, 6.07) is 3.08. The molecule has 2 N–H and O–H groups in total. The molecule has 1 aromatic carbocycles. The predicted molar refractivity (Wildman–Crippen MR) is 70.8 cm³/mol. The van der Waals surface area contributed by atoms with Gasteiger partial charge >= 0.3 is 5.97 Å². The molecule has 1 aliphatic heterocycles. The molecule has 0 bridgehead atoms. The van der Waals surface area contributed by atoms with Gasteiger partial charge in [-0.05, 0) is 30.7 Å². The number of nitrogens with zero attached hydrogens (tertiary/aromatic N) is 1. The number of hydrogen-bond donors (Lipinski definition) is 2. The number of benzene rings is 1. The topological polar surface area (TPSA) is 104 Å². The minimum Gasteiger partial charge on any atom is -0.480 e. The summed E-state index contributed by atoms with van der Waals surface area (Å²) >= 11 is 0. The Morgan fingerprint density at radius 1 is 1.45 bits per heavy atom. The molecule has 0 aromatic heterocycles. The summed E-state index contributed by atoms with van der Waals surface area (Å²) < 4.78 is 25.4. The molecule has 1 unspecified atom stereocenters. The molecule has 0 saturated carbocycles. The normalized spacial score (nSPS) is 15.8. The fraction of sp³-hybridized carbons (Fsp3) is 0.333. The first-order chi connectivity index (χ1) is 9.23. The molecular formula is C12H14N2O5S. The Morgan fingerprint density at radius 2 is 2.10 bits per heavy atom. The largest absolute Gasteiger partial charge is 0.480 e. The van der Waals surface area contributed by atoms with Crippen LogP contribution >= 0.6 is 0 Å². The van der Waals surface area contributed by atoms with Gasteiger partial charge in [-0.2, -0.15) is 4.31 Å². The number of fused-ring (bicyclic) bond motifs is 1. The highest BCUT2D eigenvalue weighted by molar-refractivity contribution is 7.89. The molecule has 1 amide bonds. The lowest BCUT2D eigenvalue weighted by atomic mass is 10.2. The standard InChI is InChI=1S/C12H14N2O5S/c1-7(12(16)17)14(2)20(18,19)9-3-4-10-8(5-9)6-11(15)13-10/h3-5,7H,6H2,1-2H3,(H,13,15)(H,16,17). The van der Waals surface area contributed by atoms with Crippen molar-refractivity contribution in [3.8, 4) is 0 Å². The summed E-state index contributed by atoms with van der Waals surface area (Å²) in [6.45, 7) is 1.29. The number of nitrogens with one attached hydrogen (secondary N) is 1. The van der Waals surface area contributed by atoms with Crippen molar-refractivity contribution in [1.29, 1.82) is 0 Å². The highest BCUT2D eigenvalue weighted by Crippen LogP contribution is 2.27. The quantitative estimate of drug-likeness (QED) is 0.830. The number of carbonyl (C=O) groups excluding carboxylic acids is 1. The first-order valence-electron chi connectivity index (χ1n) is 5.87. The third kappa shape index (κ3) is 2.39. The summed E-state index contributed by atoms with van der Waals surface area (Å²) in [5.41, 5.74) is 1.18. The molecule has 1 heterocycles. The molecule has 1 aromatic rings. The van der Waals surface area contributed by atoms with Crippen LogP contribution in [0.2, 0.25) is 0 Å². The summed E-state index contributed by atoms with van der Waals surface area (Å²) in [4.78, 5) is 22.1. The van der Waals surface area contributed by atoms with E-state index in [9.17, 15) is 18.0 Å². The number of rotatable bonds is 4. The lowest BCUT2D eigenvalue weighted by Gasteiger charge is -2.21. The lowest BCUT2D eigenvalue weighted by Crippen LogP contribution is -2.40. The summed E-state index contributed by atoms with van der Waals surface area (Å²) in [6.07, 6.45) is 0.122. The van der Waals surface area contributed by atoms with Crippen LogP contribution in [0.15, 0.2) is 23.1 Å². The van der Waals surface area contributed by atoms with E-state index in [1.54, 1.807) is 0 Å². The summed E-state index contributed by atoms with van der Waals surface area (Å²) in [7, 11) is -2.70. The zero-order valence-corrected chi connectivity index (χ0v) is 11.8. The average molecular weight is 298 g/mol. The Labute approximate surface area is 116 Å². The van der Waals surface area contributed by atoms with Crippen molar-refractivity contribution < 1.29 is 23.1 Å². The van der Waals surface area contributed by atoms with Gasteiger partial charge in [0.2, 0.25) is 15.9 Å². The Bertz CT molecular complexity index is 683. The van der Waals surface area contributed by atoms with Crippen LogP contribution in [0, 0.1) is 0 Å². The molecule has 0 aliphatic carbocycles. The minimum atomic E-state index is -3.91. The van der Waals surface area contributed by atoms with Crippen LogP contribution in [0.1, 0.15) is 12.5 Å². The maximum atomic E-state index is 12.3. The zero-order valence-electron chi connectivity index (χ0n) is 11.0. The van der Waals surface area contributed by atoms with E-state index >= 15 is 0 Å². The van der Waals surface area contributed by atoms with Crippen molar-refractivity contribution in [3.63, 3.8) is 0 Å². The second kappa shape index (κ2) is 4.88. The van der Waals surface area contributed by atoms with Crippen molar-refractivity contribution >= 4 is 27.6 Å². The smallest absolute Gasteiger partial charge is 0.321 e. The maximum Gasteiger partial charge on any atom is 0.321 e. The maximum absolute atomic E-state index is 12.3. The summed E-state index contributed by atoms with van der Waals surface area (Å²) in [5, 5.41) is 11.5. The average Bonchev–Trinajstić information content (AvgIpc) is 2.75. The number of carboxylic acids is 1. The van der Waals surface area contributed by atoms with Gasteiger partial charge in [-0.3, -0.25) is 9.59 Å². The molecule has 0 fully saturated rings. The third-order valence-corrected chi connectivity index (χ3v) is 5.21. The molecule has 8 heteroatoms. The fourth-order valence-corrected chi connectivity index (χ4v) is 3.27. The molecule has 7 nitrogen and oxygen atoms in total. The molecule has 2 rings (SSSR count). The minimum absolute atomic E-state index is 0.0247. The number of likely N-dealkylation sites (N-methyl/N-ethyl adjacent to an activating group) is 1. The zero-order chi connectivity index (χ0) is 15.1. The molecule has 20 heavy (non-hydrogen) atoms. The number of carbonyl (C=O) groups is 2. The first kappa shape index (κ1) is 14.5. The number of sulfonamides is 1. The number of carboxylic acid groups (broad SMARTS) is 1. The van der Waals surface area contributed by atoms with Crippen molar-refractivity contribution in [2.45, 2.75) is 24.3 Å². The van der Waals surface area contributed by atoms with Gasteiger partial charge in [0.25, 0.3) is 0 Å². The van der Waals surface area contributed by atoms with E-state index in [4.69, 9.17) is 5.11 Å². The van der Waals surface area contributed by atoms with Gasteiger partial charge < -0.3 is 10.4 Å². The molecule has 1 aliphatic rings. The van der Waals surface area contributed by atoms with Crippen LogP contribution in [-0.4, -0.2) is 42.8 Å². The number of aliphatic carboxylic acids is 1. The Balaban J connectivity index is 2.39. The van der Waals surface area contributed by atoms with E-state index in [-0.39, 0.29) is 17.2 Å². The van der Waals surface area contributed by atoms with Crippen LogP contribution < -0.4 is 5.32 Å². The lowest BCUT2D eigenvalue weighted by molar-refractivity contribution is -0.140. The molecule has 108 valence electrons. The van der Waals surface area contributed by atoms with E-state index in [0.29, 0.717) is 11.3 Å². The van der Waals surface area contributed by atoms with Gasteiger partial charge in [0, 0.05) is 12.7 Å². The van der Waals surface area contributed by atoms with Crippen LogP contribution in [-0.2, 0) is 26.0 Å². The highest BCUT2D eigenvalue weighted by atomic mass is 32.2. The first-order valence-corrected chi connectivity index (χ1v) is 7.31. The third-order valence-electron chi connectivity index (χ3n) is 3.28. The van der Waals surface area contributed by atoms with Gasteiger partial charge in [0.1, 0.15) is 6.04 Å². The monoisotopic (exact) mass is 298 g/mol. The van der Waals surface area contributed by atoms with Gasteiger partial charge in [0.05, 0.1) is 11.3 Å². The predicted octanol–water partition coefficient (Wildman–Crippen LogP) is 0.275. The summed E-state index contributed by atoms with van der Waals surface area (Å²) in [5.74, 6) is -1.42. The SMILES string of the molecule is CC(C(=O)O)N(C)S(=O)(=O)c1ccc2c(c1)CC(=O)N2. The van der Waals surface area contributed by atoms with Crippen molar-refractivity contribution in [1.82, 2.24) is 4.31 Å². The second-order valence-electron chi connectivity index (χ2n) is 4.58. The number of hydrogen-bond acceptors (Lipinski definition) is 4. The van der Waals surface area contributed by atoms with E-state index in [0.717, 1.165) is 4.31 Å². The van der Waals surface area contributed by atoms with Crippen LogP contribution in [0.3, 0.4) is 0 Å². The highest BCUT2D eigenvalue weighted by Gasteiger charge is 2.30. The van der Waals surface area contributed by atoms with Crippen molar-refractivity contribution in [3.05, 3.63) is 23.8 Å². The molecule has 0 spiro atoms. The number of amides is 1. The van der Waals surface area contributed by atoms with E-state index in [1.807, 2.05) is 0 Å². The van der Waals surface area contributed by atoms with Gasteiger partial charge in [-0.25, -0.2) is 8.42 Å². The van der Waals surface area contributed by atoms with Gasteiger partial charge in [-0.1, -0.05) is 0 Å². The number of anilines is 1. The van der Waals surface area contributed by atoms with Gasteiger partial charge in [0.15, 0.2) is 0 Å². The molecular weight excluding hydrogens is 284 g/mol. The van der Waals surface area contributed by atoms with Crippen LogP contribution in [0.4, 0.5) is 5.69 Å². The van der Waals surface area contributed by atoms with E-state index in [2.05, 4.69) is 5.32 Å². The Morgan fingerprint density at radius 3 is 2.70 bits per heavy atom. The van der Waals surface area contributed by atoms with Gasteiger partial charge in [-0.15, -0.1) is 0 Å². The molecule has 1 atom stereocenters. The van der Waals surface area contributed by atoms with Crippen LogP contribution in [0.5, 0.6) is 0 Å². The fourth-order valence-electron chi connectivity index (χ4n) is 1.90. The Kier molecular flexibility index (Phi) is 3.53. The van der Waals surface area contributed by atoms with E-state index in [1.165, 1.54) is 32.2 Å². The van der Waals surface area contributed by atoms with Crippen molar-refractivity contribution in [2.75, 3.05) is 12.4 Å². The Hall–Kier alpha value is -1.93. The van der Waals surface area contributed by atoms with E-state index < -0.39 is 22.0 Å².